The number of halogens is 1. The molecule has 6 rings (SSSR count). The van der Waals surface area contributed by atoms with Crippen LogP contribution in [-0.2, 0) is 4.79 Å². The predicted octanol–water partition coefficient (Wildman–Crippen LogP) is 5.21. The molecule has 0 bridgehead atoms. The number of allylic oxidation sites excluding steroid dienone is 1. The maximum Gasteiger partial charge on any atom is 0.245 e. The van der Waals surface area contributed by atoms with Crippen LogP contribution in [0.4, 0.5) is 0 Å². The average Bonchev–Trinajstić information content (AvgIpc) is 3.62. The van der Waals surface area contributed by atoms with Crippen LogP contribution in [0.3, 0.4) is 0 Å². The Kier molecular flexibility index (Phi) is 5.81. The molecule has 0 spiro atoms. The summed E-state index contributed by atoms with van der Waals surface area (Å²) in [5, 5.41) is 22.3. The van der Waals surface area contributed by atoms with Crippen LogP contribution in [0, 0.1) is 6.92 Å². The maximum atomic E-state index is 12.2. The molecule has 0 radical (unpaired) electrons. The molecule has 2 aliphatic rings. The number of nitrogens with zero attached hydrogens (tertiary/aromatic N) is 5. The van der Waals surface area contributed by atoms with Crippen LogP contribution in [0.25, 0.3) is 27.4 Å². The van der Waals surface area contributed by atoms with Gasteiger partial charge in [0, 0.05) is 53.8 Å². The minimum atomic E-state index is -0.0514. The number of rotatable bonds is 4. The van der Waals surface area contributed by atoms with Crippen LogP contribution in [0.15, 0.2) is 55.0 Å². The third kappa shape index (κ3) is 3.74. The molecule has 1 atom stereocenters. The van der Waals surface area contributed by atoms with Gasteiger partial charge in [0.25, 0.3) is 0 Å². The topological polar surface area (TPSA) is 84.2 Å². The SMILES string of the molecule is C=CC(=O)N1CCC(N2C(C)=C(c3c(Cl)c(C)cc4[nH]ncc34)[C@H](c3ccc4[nH]ncc4c3)N2C)CC1. The fraction of sp³-hybridized carbons (Fsp3) is 0.321. The number of amides is 1. The van der Waals surface area contributed by atoms with Crippen molar-refractivity contribution < 1.29 is 4.79 Å². The Morgan fingerprint density at radius 1 is 1.11 bits per heavy atom. The molecule has 0 saturated carbocycles. The molecule has 9 heteroatoms. The molecule has 1 fully saturated rings. The lowest BCUT2D eigenvalue weighted by Crippen LogP contribution is -2.49. The normalized spacial score (nSPS) is 19.5. The van der Waals surface area contributed by atoms with E-state index in [2.05, 4.69) is 75.2 Å². The van der Waals surface area contributed by atoms with E-state index in [0.29, 0.717) is 13.1 Å². The zero-order chi connectivity index (χ0) is 25.8. The molecule has 1 saturated heterocycles. The molecule has 4 heterocycles. The average molecular weight is 516 g/mol. The van der Waals surface area contributed by atoms with Gasteiger partial charge in [-0.25, -0.2) is 5.01 Å². The number of piperidine rings is 1. The van der Waals surface area contributed by atoms with Gasteiger partial charge in [-0.2, -0.15) is 10.2 Å². The number of aromatic nitrogens is 4. The van der Waals surface area contributed by atoms with Crippen molar-refractivity contribution in [2.24, 2.45) is 0 Å². The standard InChI is InChI=1S/C28H30ClN7O/c1-5-24(37)35-10-8-20(9-11-35)36-17(3)25(26-21-15-31-33-23(21)12-16(2)27(26)29)28(34(36)4)18-6-7-22-19(13-18)14-30-32-22/h5-7,12-15,20,28H,1,8-11H2,2-4H3,(H,30,32)(H,31,33)/t28-/m0/s1. The molecule has 8 nitrogen and oxygen atoms in total. The van der Waals surface area contributed by atoms with Crippen molar-refractivity contribution in [2.75, 3.05) is 20.1 Å². The molecule has 0 aliphatic carbocycles. The van der Waals surface area contributed by atoms with E-state index in [-0.39, 0.29) is 18.0 Å². The van der Waals surface area contributed by atoms with Gasteiger partial charge < -0.3 is 9.91 Å². The lowest BCUT2D eigenvalue weighted by Gasteiger charge is -2.42. The summed E-state index contributed by atoms with van der Waals surface area (Å²) in [7, 11) is 2.15. The van der Waals surface area contributed by atoms with Gasteiger partial charge in [-0.1, -0.05) is 24.2 Å². The molecule has 4 aromatic rings. The molecule has 190 valence electrons. The van der Waals surface area contributed by atoms with Crippen molar-refractivity contribution in [1.82, 2.24) is 35.3 Å². The van der Waals surface area contributed by atoms with Gasteiger partial charge in [0.15, 0.2) is 0 Å². The van der Waals surface area contributed by atoms with E-state index >= 15 is 0 Å². The van der Waals surface area contributed by atoms with Crippen molar-refractivity contribution in [3.8, 4) is 0 Å². The number of hydrogen-bond acceptors (Lipinski definition) is 5. The second-order valence-corrected chi connectivity index (χ2v) is 10.4. The summed E-state index contributed by atoms with van der Waals surface area (Å²) in [6, 6.07) is 8.73. The monoisotopic (exact) mass is 515 g/mol. The van der Waals surface area contributed by atoms with Crippen molar-refractivity contribution in [3.05, 3.63) is 76.7 Å². The Morgan fingerprint density at radius 2 is 1.84 bits per heavy atom. The van der Waals surface area contributed by atoms with Crippen LogP contribution in [0.5, 0.6) is 0 Å². The Hall–Kier alpha value is -3.62. The largest absolute Gasteiger partial charge is 0.339 e. The number of nitrogens with one attached hydrogen (secondary N) is 2. The number of H-pyrrole nitrogens is 2. The van der Waals surface area contributed by atoms with Crippen LogP contribution in [-0.4, -0.2) is 67.4 Å². The van der Waals surface area contributed by atoms with Gasteiger partial charge in [-0.3, -0.25) is 15.0 Å². The highest BCUT2D eigenvalue weighted by molar-refractivity contribution is 6.34. The van der Waals surface area contributed by atoms with Gasteiger partial charge in [0.05, 0.1) is 34.5 Å². The zero-order valence-corrected chi connectivity index (χ0v) is 22.0. The first-order valence-electron chi connectivity index (χ1n) is 12.6. The summed E-state index contributed by atoms with van der Waals surface area (Å²) < 4.78 is 0. The van der Waals surface area contributed by atoms with E-state index in [1.54, 1.807) is 0 Å². The van der Waals surface area contributed by atoms with Crippen molar-refractivity contribution in [3.63, 3.8) is 0 Å². The van der Waals surface area contributed by atoms with Gasteiger partial charge >= 0.3 is 0 Å². The number of benzene rings is 2. The zero-order valence-electron chi connectivity index (χ0n) is 21.3. The summed E-state index contributed by atoms with van der Waals surface area (Å²) in [5.41, 5.74) is 7.52. The second kappa shape index (κ2) is 9.04. The van der Waals surface area contributed by atoms with Gasteiger partial charge in [-0.05, 0) is 62.1 Å². The van der Waals surface area contributed by atoms with Crippen LogP contribution in [0.2, 0.25) is 5.02 Å². The summed E-state index contributed by atoms with van der Waals surface area (Å²) in [6.45, 7) is 9.31. The Balaban J connectivity index is 1.50. The quantitative estimate of drug-likeness (QED) is 0.364. The Labute approximate surface area is 220 Å². The Bertz CT molecular complexity index is 1560. The van der Waals surface area contributed by atoms with Crippen LogP contribution < -0.4 is 0 Å². The maximum absolute atomic E-state index is 12.2. The molecule has 2 aromatic heterocycles. The molecular formula is C28H30ClN7O. The molecule has 0 unspecified atom stereocenters. The van der Waals surface area contributed by atoms with Crippen LogP contribution >= 0.6 is 11.6 Å². The smallest absolute Gasteiger partial charge is 0.245 e. The molecule has 2 aliphatic heterocycles. The van der Waals surface area contributed by atoms with E-state index in [0.717, 1.165) is 50.8 Å². The molecular weight excluding hydrogens is 486 g/mol. The van der Waals surface area contributed by atoms with Crippen LogP contribution in [0.1, 0.15) is 42.5 Å². The highest BCUT2D eigenvalue weighted by Crippen LogP contribution is 2.50. The summed E-state index contributed by atoms with van der Waals surface area (Å²) in [4.78, 5) is 14.1. The lowest BCUT2D eigenvalue weighted by atomic mass is 9.89. The number of aryl methyl sites for hydroxylation is 1. The summed E-state index contributed by atoms with van der Waals surface area (Å²) in [5.74, 6) is 0.00126. The second-order valence-electron chi connectivity index (χ2n) is 10.0. The van der Waals surface area contributed by atoms with Crippen molar-refractivity contribution in [1.29, 1.82) is 0 Å². The fourth-order valence-corrected chi connectivity index (χ4v) is 6.41. The van der Waals surface area contributed by atoms with Gasteiger partial charge in [0.2, 0.25) is 5.91 Å². The molecule has 2 aromatic carbocycles. The number of aromatic amines is 2. The molecule has 1 amide bonds. The van der Waals surface area contributed by atoms with E-state index in [4.69, 9.17) is 11.6 Å². The lowest BCUT2D eigenvalue weighted by molar-refractivity contribution is -0.128. The number of carbonyl (C=O) groups excluding carboxylic acids is 1. The van der Waals surface area contributed by atoms with E-state index < -0.39 is 0 Å². The molecule has 2 N–H and O–H groups in total. The fourth-order valence-electron chi connectivity index (χ4n) is 6.16. The summed E-state index contributed by atoms with van der Waals surface area (Å²) >= 11 is 7.07. The third-order valence-corrected chi connectivity index (χ3v) is 8.42. The van der Waals surface area contributed by atoms with Crippen molar-refractivity contribution in [2.45, 2.75) is 38.8 Å². The highest BCUT2D eigenvalue weighted by atomic mass is 35.5. The van der Waals surface area contributed by atoms with Gasteiger partial charge in [-0.15, -0.1) is 0 Å². The third-order valence-electron chi connectivity index (χ3n) is 7.93. The minimum Gasteiger partial charge on any atom is -0.339 e. The predicted molar refractivity (Wildman–Crippen MR) is 147 cm³/mol. The van der Waals surface area contributed by atoms with Gasteiger partial charge in [0.1, 0.15) is 0 Å². The number of carbonyl (C=O) groups is 1. The summed E-state index contributed by atoms with van der Waals surface area (Å²) in [6.07, 6.45) is 6.90. The Morgan fingerprint density at radius 3 is 2.59 bits per heavy atom. The highest BCUT2D eigenvalue weighted by Gasteiger charge is 2.42. The number of likely N-dealkylation sites (N-methyl/N-ethyl adjacent to an activating group) is 1. The number of hydrogen-bond donors (Lipinski definition) is 2. The van der Waals surface area contributed by atoms with E-state index in [9.17, 15) is 4.79 Å². The number of fused-ring (bicyclic) bond motifs is 2. The first kappa shape index (κ1) is 23.8. The first-order valence-corrected chi connectivity index (χ1v) is 13.0. The first-order chi connectivity index (χ1) is 17.9. The number of likely N-dealkylation sites (tertiary alicyclic amines) is 1. The molecule has 37 heavy (non-hydrogen) atoms. The minimum absolute atomic E-state index is 0.00126. The van der Waals surface area contributed by atoms with E-state index in [1.807, 2.05) is 24.2 Å². The van der Waals surface area contributed by atoms with Crippen molar-refractivity contribution >= 4 is 44.9 Å². The van der Waals surface area contributed by atoms with E-state index in [1.165, 1.54) is 22.9 Å². The number of hydrazine groups is 1.